The molecule has 3 N–H and O–H groups in total. The average molecular weight is 527 g/mol. The smallest absolute Gasteiger partial charge is 0.326 e. The number of fused-ring (bicyclic) bond motifs is 1. The summed E-state index contributed by atoms with van der Waals surface area (Å²) in [6.07, 6.45) is 1.97. The van der Waals surface area contributed by atoms with Crippen molar-refractivity contribution in [3.63, 3.8) is 0 Å². The van der Waals surface area contributed by atoms with Crippen molar-refractivity contribution in [1.29, 1.82) is 0 Å². The van der Waals surface area contributed by atoms with Gasteiger partial charge in [-0.3, -0.25) is 4.79 Å². The van der Waals surface area contributed by atoms with E-state index in [1.165, 1.54) is 10.5 Å². The molecule has 0 radical (unpaired) electrons. The Morgan fingerprint density at radius 3 is 2.15 bits per heavy atom. The van der Waals surface area contributed by atoms with E-state index < -0.39 is 17.9 Å². The van der Waals surface area contributed by atoms with E-state index in [1.54, 1.807) is 6.33 Å². The molecule has 5 rings (SSSR count). The minimum atomic E-state index is -1.01. The molecule has 8 heteroatoms. The minimum Gasteiger partial charge on any atom is -0.480 e. The fourth-order valence-electron chi connectivity index (χ4n) is 5.42. The van der Waals surface area contributed by atoms with Crippen molar-refractivity contribution >= 4 is 17.6 Å². The third-order valence-corrected chi connectivity index (χ3v) is 7.29. The van der Waals surface area contributed by atoms with Gasteiger partial charge in [-0.15, -0.1) is 0 Å². The number of carboxylic acids is 1. The molecular weight excluding hydrogens is 492 g/mol. The minimum absolute atomic E-state index is 0. The number of rotatable bonds is 7. The predicted molar refractivity (Wildman–Crippen MR) is 151 cm³/mol. The van der Waals surface area contributed by atoms with Crippen LogP contribution in [-0.4, -0.2) is 57.0 Å². The van der Waals surface area contributed by atoms with Crippen LogP contribution in [0.5, 0.6) is 0 Å². The lowest BCUT2D eigenvalue weighted by molar-refractivity contribution is -0.151. The number of aromatic nitrogens is 2. The van der Waals surface area contributed by atoms with Crippen LogP contribution in [-0.2, 0) is 29.1 Å². The maximum Gasteiger partial charge on any atom is 0.326 e. The van der Waals surface area contributed by atoms with Crippen LogP contribution in [0, 0.1) is 6.92 Å². The number of anilines is 1. The topological polar surface area (TPSA) is 110 Å². The van der Waals surface area contributed by atoms with Gasteiger partial charge in [0.05, 0.1) is 24.5 Å². The van der Waals surface area contributed by atoms with Gasteiger partial charge in [0.25, 0.3) is 0 Å². The standard InChI is InChI=1S/C31H32N4O3.H2O/c1-21-16-22(14-15-26(21)33(2)3)18-34-20-32-25-19-35(28(31(37)38)17-27(25)34)30(36)29(23-10-6-4-7-11-23)24-12-8-5-9-13-24;/h4-16,20,28-29H,17-19H2,1-3H3,(H,37,38);1H2/t28-;/m1./s1. The van der Waals surface area contributed by atoms with Gasteiger partial charge in [-0.2, -0.15) is 0 Å². The Labute approximate surface area is 228 Å². The number of carbonyl (C=O) groups excluding carboxylic acids is 1. The van der Waals surface area contributed by atoms with E-state index in [0.29, 0.717) is 6.54 Å². The van der Waals surface area contributed by atoms with Gasteiger partial charge in [0.1, 0.15) is 6.04 Å². The Morgan fingerprint density at radius 2 is 1.62 bits per heavy atom. The predicted octanol–water partition coefficient (Wildman–Crippen LogP) is 3.65. The SMILES string of the molecule is Cc1cc(Cn2cnc3c2C[C@H](C(=O)O)N(C(=O)C(c2ccccc2)c2ccccc2)C3)ccc1N(C)C.O. The van der Waals surface area contributed by atoms with Crippen molar-refractivity contribution in [3.05, 3.63) is 119 Å². The Kier molecular flexibility index (Phi) is 8.16. The highest BCUT2D eigenvalue weighted by Gasteiger charge is 2.40. The van der Waals surface area contributed by atoms with Gasteiger partial charge in [0.2, 0.25) is 5.91 Å². The summed E-state index contributed by atoms with van der Waals surface area (Å²) in [5.74, 6) is -1.84. The first-order valence-electron chi connectivity index (χ1n) is 12.8. The Bertz CT molecular complexity index is 1410. The number of hydrogen-bond donors (Lipinski definition) is 1. The summed E-state index contributed by atoms with van der Waals surface area (Å²) in [7, 11) is 4.04. The summed E-state index contributed by atoms with van der Waals surface area (Å²) in [5.41, 5.74) is 6.74. The number of benzene rings is 3. The van der Waals surface area contributed by atoms with Crippen molar-refractivity contribution in [2.45, 2.75) is 38.4 Å². The molecule has 39 heavy (non-hydrogen) atoms. The highest BCUT2D eigenvalue weighted by atomic mass is 16.4. The van der Waals surface area contributed by atoms with Crippen molar-refractivity contribution in [2.24, 2.45) is 0 Å². The van der Waals surface area contributed by atoms with Crippen LogP contribution in [0.1, 0.15) is 39.6 Å². The summed E-state index contributed by atoms with van der Waals surface area (Å²) >= 11 is 0. The van der Waals surface area contributed by atoms with Crippen LogP contribution in [0.3, 0.4) is 0 Å². The zero-order chi connectivity index (χ0) is 26.8. The average Bonchev–Trinajstić information content (AvgIpc) is 3.30. The van der Waals surface area contributed by atoms with Crippen molar-refractivity contribution in [2.75, 3.05) is 19.0 Å². The molecule has 202 valence electrons. The van der Waals surface area contributed by atoms with Gasteiger partial charge in [-0.05, 0) is 35.2 Å². The van der Waals surface area contributed by atoms with E-state index in [9.17, 15) is 14.7 Å². The summed E-state index contributed by atoms with van der Waals surface area (Å²) < 4.78 is 2.02. The number of carboxylic acid groups (broad SMARTS) is 1. The van der Waals surface area contributed by atoms with Crippen molar-refractivity contribution in [1.82, 2.24) is 14.5 Å². The van der Waals surface area contributed by atoms with E-state index in [-0.39, 0.29) is 24.3 Å². The van der Waals surface area contributed by atoms with Crippen LogP contribution in [0.15, 0.2) is 85.2 Å². The number of nitrogens with zero attached hydrogens (tertiary/aromatic N) is 4. The van der Waals surface area contributed by atoms with Gasteiger partial charge < -0.3 is 24.9 Å². The first-order valence-corrected chi connectivity index (χ1v) is 12.8. The third kappa shape index (κ3) is 5.56. The number of aryl methyl sites for hydroxylation is 1. The number of aliphatic carboxylic acids is 1. The first kappa shape index (κ1) is 27.6. The Balaban J connectivity index is 0.00000353. The second-order valence-corrected chi connectivity index (χ2v) is 10.1. The second-order valence-electron chi connectivity index (χ2n) is 10.1. The molecule has 1 aliphatic heterocycles. The summed E-state index contributed by atoms with van der Waals surface area (Å²) in [5, 5.41) is 10.2. The second kappa shape index (κ2) is 11.5. The van der Waals surface area contributed by atoms with Gasteiger partial charge in [-0.1, -0.05) is 72.8 Å². The molecule has 1 aromatic heterocycles. The zero-order valence-electron chi connectivity index (χ0n) is 22.4. The van der Waals surface area contributed by atoms with Gasteiger partial charge in [0.15, 0.2) is 0 Å². The molecule has 0 saturated carbocycles. The molecule has 4 aromatic rings. The van der Waals surface area contributed by atoms with Gasteiger partial charge >= 0.3 is 5.97 Å². The quantitative estimate of drug-likeness (QED) is 0.395. The molecule has 8 nitrogen and oxygen atoms in total. The molecule has 0 aliphatic carbocycles. The third-order valence-electron chi connectivity index (χ3n) is 7.29. The van der Waals surface area contributed by atoms with Crippen LogP contribution < -0.4 is 4.90 Å². The molecule has 1 aliphatic rings. The molecule has 0 fully saturated rings. The molecule has 1 amide bonds. The summed E-state index contributed by atoms with van der Waals surface area (Å²) in [4.78, 5) is 34.7. The van der Waals surface area contributed by atoms with Crippen molar-refractivity contribution in [3.8, 4) is 0 Å². The molecule has 1 atom stereocenters. The van der Waals surface area contributed by atoms with E-state index in [1.807, 2.05) is 79.3 Å². The monoisotopic (exact) mass is 526 g/mol. The Morgan fingerprint density at radius 1 is 1.00 bits per heavy atom. The fraction of sp³-hybridized carbons (Fsp3) is 0.258. The molecule has 0 saturated heterocycles. The number of hydrogen-bond acceptors (Lipinski definition) is 4. The van der Waals surface area contributed by atoms with Crippen molar-refractivity contribution < 1.29 is 20.2 Å². The number of amides is 1. The van der Waals surface area contributed by atoms with E-state index in [4.69, 9.17) is 0 Å². The van der Waals surface area contributed by atoms with Crippen LogP contribution in [0.25, 0.3) is 0 Å². The van der Waals surface area contributed by atoms with E-state index >= 15 is 0 Å². The lowest BCUT2D eigenvalue weighted by Crippen LogP contribution is -2.50. The molecule has 0 bridgehead atoms. The first-order chi connectivity index (χ1) is 18.3. The maximum atomic E-state index is 14.1. The normalized spacial score (nSPS) is 14.5. The van der Waals surface area contributed by atoms with Crippen LogP contribution in [0.4, 0.5) is 5.69 Å². The molecule has 2 heterocycles. The van der Waals surface area contributed by atoms with E-state index in [2.05, 4.69) is 35.0 Å². The van der Waals surface area contributed by atoms with Gasteiger partial charge in [-0.25, -0.2) is 9.78 Å². The lowest BCUT2D eigenvalue weighted by Gasteiger charge is -2.35. The molecule has 0 spiro atoms. The van der Waals surface area contributed by atoms with Gasteiger partial charge in [0, 0.05) is 38.4 Å². The molecule has 0 unspecified atom stereocenters. The highest BCUT2D eigenvalue weighted by molar-refractivity contribution is 5.91. The number of imidazole rings is 1. The number of carbonyl (C=O) groups is 2. The van der Waals surface area contributed by atoms with Crippen LogP contribution in [0.2, 0.25) is 0 Å². The summed E-state index contributed by atoms with van der Waals surface area (Å²) in [6.45, 7) is 2.84. The lowest BCUT2D eigenvalue weighted by atomic mass is 9.88. The largest absolute Gasteiger partial charge is 0.480 e. The van der Waals surface area contributed by atoms with Crippen LogP contribution >= 0.6 is 0 Å². The highest BCUT2D eigenvalue weighted by Crippen LogP contribution is 2.32. The Hall–Kier alpha value is -4.43. The van der Waals surface area contributed by atoms with E-state index in [0.717, 1.165) is 33.8 Å². The zero-order valence-corrected chi connectivity index (χ0v) is 22.4. The fourth-order valence-corrected chi connectivity index (χ4v) is 5.42. The summed E-state index contributed by atoms with van der Waals surface area (Å²) in [6, 6.07) is 24.4. The molecular formula is C31H34N4O4. The molecule has 3 aromatic carbocycles. The maximum absolute atomic E-state index is 14.1.